The highest BCUT2D eigenvalue weighted by molar-refractivity contribution is 7.91. The topological polar surface area (TPSA) is 126 Å². The second-order valence-corrected chi connectivity index (χ2v) is 9.49. The fourth-order valence-electron chi connectivity index (χ4n) is 3.25. The SMILES string of the molecule is CCCC(N)c1nnc(S(=O)(=O)CCC(=O)OC)n1-c1ccc(OCc2ccccc2)cc1. The summed E-state index contributed by atoms with van der Waals surface area (Å²) in [6, 6.07) is 16.2. The second kappa shape index (κ2) is 11.1. The molecule has 1 atom stereocenters. The lowest BCUT2D eigenvalue weighted by Gasteiger charge is -2.15. The molecule has 0 bridgehead atoms. The fourth-order valence-corrected chi connectivity index (χ4v) is 4.51. The third-order valence-electron chi connectivity index (χ3n) is 5.01. The van der Waals surface area contributed by atoms with Gasteiger partial charge in [-0.25, -0.2) is 8.42 Å². The molecule has 1 heterocycles. The number of carbonyl (C=O) groups is 1. The fraction of sp³-hybridized carbons (Fsp3) is 0.348. The average molecular weight is 473 g/mol. The van der Waals surface area contributed by atoms with E-state index >= 15 is 0 Å². The number of hydrogen-bond acceptors (Lipinski definition) is 8. The van der Waals surface area contributed by atoms with E-state index in [0.717, 1.165) is 12.0 Å². The molecule has 0 saturated carbocycles. The number of methoxy groups -OCH3 is 1. The lowest BCUT2D eigenvalue weighted by molar-refractivity contribution is -0.140. The number of sulfone groups is 1. The number of aromatic nitrogens is 3. The molecule has 0 saturated heterocycles. The molecule has 3 aromatic rings. The summed E-state index contributed by atoms with van der Waals surface area (Å²) in [7, 11) is -2.72. The van der Waals surface area contributed by atoms with Crippen LogP contribution in [0.1, 0.15) is 43.6 Å². The first kappa shape index (κ1) is 24.4. The highest BCUT2D eigenvalue weighted by atomic mass is 32.2. The number of benzene rings is 2. The summed E-state index contributed by atoms with van der Waals surface area (Å²) in [6.07, 6.45) is 1.12. The Balaban J connectivity index is 1.90. The van der Waals surface area contributed by atoms with Crippen molar-refractivity contribution >= 4 is 15.8 Å². The van der Waals surface area contributed by atoms with Crippen LogP contribution in [0.25, 0.3) is 5.69 Å². The van der Waals surface area contributed by atoms with Crippen molar-refractivity contribution in [2.24, 2.45) is 5.73 Å². The maximum absolute atomic E-state index is 13.0. The number of ether oxygens (including phenoxy) is 2. The standard InChI is InChI=1S/C23H28N4O5S/c1-3-7-20(24)22-25-26-23(33(29,30)15-14-21(28)31-2)27(22)18-10-12-19(13-11-18)32-16-17-8-5-4-6-9-17/h4-6,8-13,20H,3,7,14-16,24H2,1-2H3. The number of esters is 1. The summed E-state index contributed by atoms with van der Waals surface area (Å²) in [5, 5.41) is 7.76. The Morgan fingerprint density at radius 2 is 1.79 bits per heavy atom. The van der Waals surface area contributed by atoms with Crippen LogP contribution in [0.4, 0.5) is 0 Å². The van der Waals surface area contributed by atoms with E-state index in [9.17, 15) is 13.2 Å². The molecule has 2 N–H and O–H groups in total. The molecular weight excluding hydrogens is 444 g/mol. The Kier molecular flexibility index (Phi) is 8.18. The lowest BCUT2D eigenvalue weighted by atomic mass is 10.1. The number of nitrogens with zero attached hydrogens (tertiary/aromatic N) is 3. The minimum Gasteiger partial charge on any atom is -0.489 e. The smallest absolute Gasteiger partial charge is 0.306 e. The van der Waals surface area contributed by atoms with Crippen LogP contribution in [-0.2, 0) is 26.0 Å². The first-order chi connectivity index (χ1) is 15.9. The average Bonchev–Trinajstić information content (AvgIpc) is 3.29. The van der Waals surface area contributed by atoms with Crippen molar-refractivity contribution in [3.8, 4) is 11.4 Å². The van der Waals surface area contributed by atoms with Gasteiger partial charge in [-0.2, -0.15) is 0 Å². The van der Waals surface area contributed by atoms with Gasteiger partial charge in [0.2, 0.25) is 9.84 Å². The molecule has 0 aliphatic rings. The summed E-state index contributed by atoms with van der Waals surface area (Å²) in [4.78, 5) is 11.5. The Morgan fingerprint density at radius 3 is 2.42 bits per heavy atom. The van der Waals surface area contributed by atoms with Crippen LogP contribution in [-0.4, -0.2) is 42.0 Å². The summed E-state index contributed by atoms with van der Waals surface area (Å²) in [6.45, 7) is 2.39. The number of nitrogens with two attached hydrogens (primary N) is 1. The van der Waals surface area contributed by atoms with Crippen molar-refractivity contribution in [2.45, 2.75) is 44.0 Å². The maximum Gasteiger partial charge on any atom is 0.306 e. The van der Waals surface area contributed by atoms with Gasteiger partial charge in [-0.3, -0.25) is 9.36 Å². The molecule has 2 aromatic carbocycles. The normalized spacial score (nSPS) is 12.3. The Morgan fingerprint density at radius 1 is 1.09 bits per heavy atom. The molecule has 33 heavy (non-hydrogen) atoms. The summed E-state index contributed by atoms with van der Waals surface area (Å²) in [5.74, 6) is -0.0943. The number of rotatable bonds is 11. The first-order valence-corrected chi connectivity index (χ1v) is 12.3. The zero-order valence-corrected chi connectivity index (χ0v) is 19.5. The molecule has 176 valence electrons. The molecule has 0 aliphatic heterocycles. The zero-order chi connectivity index (χ0) is 23.8. The lowest BCUT2D eigenvalue weighted by Crippen LogP contribution is -2.20. The van der Waals surface area contributed by atoms with Gasteiger partial charge < -0.3 is 15.2 Å². The van der Waals surface area contributed by atoms with Crippen LogP contribution in [0.3, 0.4) is 0 Å². The van der Waals surface area contributed by atoms with Gasteiger partial charge in [0, 0.05) is 5.69 Å². The molecule has 0 spiro atoms. The minimum atomic E-state index is -3.93. The number of carbonyl (C=O) groups excluding carboxylic acids is 1. The predicted molar refractivity (Wildman–Crippen MR) is 123 cm³/mol. The Labute approximate surface area is 193 Å². The molecule has 1 aromatic heterocycles. The van der Waals surface area contributed by atoms with Crippen LogP contribution in [0.15, 0.2) is 59.8 Å². The van der Waals surface area contributed by atoms with E-state index < -0.39 is 27.6 Å². The molecule has 9 nitrogen and oxygen atoms in total. The largest absolute Gasteiger partial charge is 0.489 e. The van der Waals surface area contributed by atoms with E-state index in [1.165, 1.54) is 11.7 Å². The second-order valence-electron chi connectivity index (χ2n) is 7.48. The summed E-state index contributed by atoms with van der Waals surface area (Å²) >= 11 is 0. The quantitative estimate of drug-likeness (QED) is 0.422. The molecule has 0 fully saturated rings. The van der Waals surface area contributed by atoms with E-state index in [1.807, 2.05) is 37.3 Å². The van der Waals surface area contributed by atoms with Gasteiger partial charge in [-0.1, -0.05) is 43.7 Å². The van der Waals surface area contributed by atoms with Gasteiger partial charge in [-0.15, -0.1) is 10.2 Å². The minimum absolute atomic E-state index is 0.258. The molecule has 0 amide bonds. The van der Waals surface area contributed by atoms with E-state index in [-0.39, 0.29) is 11.6 Å². The summed E-state index contributed by atoms with van der Waals surface area (Å²) < 4.78 is 37.8. The van der Waals surface area contributed by atoms with Crippen molar-refractivity contribution in [3.63, 3.8) is 0 Å². The van der Waals surface area contributed by atoms with Gasteiger partial charge >= 0.3 is 5.97 Å². The van der Waals surface area contributed by atoms with Crippen molar-refractivity contribution in [3.05, 3.63) is 66.0 Å². The highest BCUT2D eigenvalue weighted by Gasteiger charge is 2.28. The molecule has 0 aliphatic carbocycles. The van der Waals surface area contributed by atoms with E-state index in [4.69, 9.17) is 10.5 Å². The molecule has 1 unspecified atom stereocenters. The molecule has 3 rings (SSSR count). The summed E-state index contributed by atoms with van der Waals surface area (Å²) in [5.41, 5.74) is 7.84. The van der Waals surface area contributed by atoms with Crippen molar-refractivity contribution in [1.82, 2.24) is 14.8 Å². The molecule has 10 heteroatoms. The Bertz CT molecular complexity index is 1160. The van der Waals surface area contributed by atoms with Crippen LogP contribution < -0.4 is 10.5 Å². The molecular formula is C23H28N4O5S. The van der Waals surface area contributed by atoms with Gasteiger partial charge in [0.15, 0.2) is 5.82 Å². The van der Waals surface area contributed by atoms with Crippen LogP contribution >= 0.6 is 0 Å². The van der Waals surface area contributed by atoms with Gasteiger partial charge in [0.05, 0.1) is 25.3 Å². The van der Waals surface area contributed by atoms with Gasteiger partial charge in [0.25, 0.3) is 5.16 Å². The monoisotopic (exact) mass is 472 g/mol. The predicted octanol–water partition coefficient (Wildman–Crippen LogP) is 2.98. The van der Waals surface area contributed by atoms with E-state index in [2.05, 4.69) is 14.9 Å². The van der Waals surface area contributed by atoms with Crippen molar-refractivity contribution in [1.29, 1.82) is 0 Å². The first-order valence-electron chi connectivity index (χ1n) is 10.6. The van der Waals surface area contributed by atoms with Crippen LogP contribution in [0, 0.1) is 0 Å². The Hall–Kier alpha value is -3.24. The third kappa shape index (κ3) is 6.17. The van der Waals surface area contributed by atoms with Gasteiger partial charge in [0.1, 0.15) is 12.4 Å². The highest BCUT2D eigenvalue weighted by Crippen LogP contribution is 2.25. The zero-order valence-electron chi connectivity index (χ0n) is 18.7. The van der Waals surface area contributed by atoms with E-state index in [0.29, 0.717) is 30.3 Å². The van der Waals surface area contributed by atoms with Gasteiger partial charge in [-0.05, 0) is 36.2 Å². The van der Waals surface area contributed by atoms with Crippen molar-refractivity contribution < 1.29 is 22.7 Å². The van der Waals surface area contributed by atoms with Crippen molar-refractivity contribution in [2.75, 3.05) is 12.9 Å². The van der Waals surface area contributed by atoms with E-state index in [1.54, 1.807) is 24.3 Å². The molecule has 0 radical (unpaired) electrons. The van der Waals surface area contributed by atoms with Crippen LogP contribution in [0.2, 0.25) is 0 Å². The third-order valence-corrected chi connectivity index (χ3v) is 6.58. The number of hydrogen-bond donors (Lipinski definition) is 1. The maximum atomic E-state index is 13.0. The van der Waals surface area contributed by atoms with Crippen LogP contribution in [0.5, 0.6) is 5.75 Å².